The van der Waals surface area contributed by atoms with Gasteiger partial charge in [0.2, 0.25) is 0 Å². The lowest BCUT2D eigenvalue weighted by atomic mass is 10.2. The predicted molar refractivity (Wildman–Crippen MR) is 65.5 cm³/mol. The minimum absolute atomic E-state index is 0.0190. The Kier molecular flexibility index (Phi) is 5.27. The monoisotopic (exact) mass is 250 g/mol. The van der Waals surface area contributed by atoms with Gasteiger partial charge in [-0.05, 0) is 13.8 Å². The maximum absolute atomic E-state index is 12.2. The highest BCUT2D eigenvalue weighted by Gasteiger charge is 2.21. The number of carbonyl (C=O) groups excluding carboxylic acids is 1. The minimum Gasteiger partial charge on any atom is -0.334 e. The molecule has 0 saturated heterocycles. The Labute approximate surface area is 106 Å². The van der Waals surface area contributed by atoms with Crippen LogP contribution in [0.3, 0.4) is 0 Å². The van der Waals surface area contributed by atoms with Gasteiger partial charge in [0.05, 0.1) is 25.2 Å². The van der Waals surface area contributed by atoms with E-state index in [1.54, 1.807) is 11.1 Å². The van der Waals surface area contributed by atoms with Crippen LogP contribution in [0.25, 0.3) is 0 Å². The van der Waals surface area contributed by atoms with E-state index in [0.717, 1.165) is 0 Å². The standard InChI is InChI=1S/C11H18N6O/c1-9(2)17(6-3-4-12)11(18)10-8-16(7-5-13)15-14-10/h8-9H,3,5-7,13H2,1-2H3. The average Bonchev–Trinajstić information content (AvgIpc) is 2.78. The molecule has 0 atom stereocenters. The second-order valence-electron chi connectivity index (χ2n) is 4.16. The van der Waals surface area contributed by atoms with Crippen molar-refractivity contribution < 1.29 is 4.79 Å². The summed E-state index contributed by atoms with van der Waals surface area (Å²) >= 11 is 0. The van der Waals surface area contributed by atoms with Crippen molar-refractivity contribution in [1.29, 1.82) is 5.26 Å². The third kappa shape index (κ3) is 3.53. The summed E-state index contributed by atoms with van der Waals surface area (Å²) in [6.07, 6.45) is 1.89. The molecule has 7 heteroatoms. The molecular formula is C11H18N6O. The van der Waals surface area contributed by atoms with Crippen LogP contribution in [0, 0.1) is 11.3 Å². The lowest BCUT2D eigenvalue weighted by Crippen LogP contribution is -2.37. The fourth-order valence-electron chi connectivity index (χ4n) is 1.55. The Bertz CT molecular complexity index is 433. The van der Waals surface area contributed by atoms with Crippen LogP contribution in [0.4, 0.5) is 0 Å². The van der Waals surface area contributed by atoms with E-state index in [1.807, 2.05) is 19.9 Å². The van der Waals surface area contributed by atoms with E-state index in [4.69, 9.17) is 11.0 Å². The van der Waals surface area contributed by atoms with Gasteiger partial charge in [-0.1, -0.05) is 5.21 Å². The predicted octanol–water partition coefficient (Wildman–Crippen LogP) is 0.00108. The fourth-order valence-corrected chi connectivity index (χ4v) is 1.55. The molecule has 0 radical (unpaired) electrons. The number of amides is 1. The first-order valence-electron chi connectivity index (χ1n) is 5.88. The smallest absolute Gasteiger partial charge is 0.276 e. The van der Waals surface area contributed by atoms with E-state index in [2.05, 4.69) is 10.3 Å². The highest BCUT2D eigenvalue weighted by Crippen LogP contribution is 2.06. The lowest BCUT2D eigenvalue weighted by Gasteiger charge is -2.24. The highest BCUT2D eigenvalue weighted by atomic mass is 16.2. The van der Waals surface area contributed by atoms with Gasteiger partial charge in [-0.15, -0.1) is 5.10 Å². The van der Waals surface area contributed by atoms with E-state index in [0.29, 0.717) is 26.1 Å². The molecule has 2 N–H and O–H groups in total. The number of aromatic nitrogens is 3. The number of nitrogens with zero attached hydrogens (tertiary/aromatic N) is 5. The molecule has 0 aliphatic heterocycles. The molecule has 0 saturated carbocycles. The van der Waals surface area contributed by atoms with Crippen LogP contribution in [0.15, 0.2) is 6.20 Å². The maximum Gasteiger partial charge on any atom is 0.276 e. The molecule has 98 valence electrons. The van der Waals surface area contributed by atoms with E-state index < -0.39 is 0 Å². The summed E-state index contributed by atoms with van der Waals surface area (Å²) in [5, 5.41) is 16.2. The summed E-state index contributed by atoms with van der Waals surface area (Å²) in [4.78, 5) is 13.8. The van der Waals surface area contributed by atoms with Crippen molar-refractivity contribution in [1.82, 2.24) is 19.9 Å². The molecule has 0 spiro atoms. The molecule has 0 aliphatic rings. The average molecular weight is 250 g/mol. The molecule has 18 heavy (non-hydrogen) atoms. The molecule has 1 rings (SSSR count). The molecule has 1 heterocycles. The van der Waals surface area contributed by atoms with E-state index in [1.165, 1.54) is 4.68 Å². The third-order valence-electron chi connectivity index (χ3n) is 2.46. The van der Waals surface area contributed by atoms with Crippen molar-refractivity contribution in [3.05, 3.63) is 11.9 Å². The van der Waals surface area contributed by atoms with Crippen LogP contribution < -0.4 is 5.73 Å². The SMILES string of the molecule is CC(C)N(CCC#N)C(=O)c1cn(CCN)nn1. The Morgan fingerprint density at radius 1 is 1.67 bits per heavy atom. The molecule has 0 bridgehead atoms. The van der Waals surface area contributed by atoms with Gasteiger partial charge >= 0.3 is 0 Å². The second-order valence-corrected chi connectivity index (χ2v) is 4.16. The first-order valence-corrected chi connectivity index (χ1v) is 5.88. The Balaban J connectivity index is 2.78. The lowest BCUT2D eigenvalue weighted by molar-refractivity contribution is 0.0704. The van der Waals surface area contributed by atoms with Crippen LogP contribution in [0.5, 0.6) is 0 Å². The van der Waals surface area contributed by atoms with Gasteiger partial charge in [-0.25, -0.2) is 0 Å². The van der Waals surface area contributed by atoms with Crippen molar-refractivity contribution in [3.8, 4) is 6.07 Å². The summed E-state index contributed by atoms with van der Waals surface area (Å²) in [5.74, 6) is -0.205. The number of hydrogen-bond acceptors (Lipinski definition) is 5. The molecule has 1 aromatic heterocycles. The third-order valence-corrected chi connectivity index (χ3v) is 2.46. The largest absolute Gasteiger partial charge is 0.334 e. The van der Waals surface area contributed by atoms with Crippen molar-refractivity contribution in [2.45, 2.75) is 32.9 Å². The molecule has 0 aliphatic carbocycles. The first kappa shape index (κ1) is 14.1. The zero-order chi connectivity index (χ0) is 13.5. The molecule has 0 fully saturated rings. The molecule has 1 aromatic rings. The van der Waals surface area contributed by atoms with Gasteiger partial charge in [-0.3, -0.25) is 9.48 Å². The number of hydrogen-bond donors (Lipinski definition) is 1. The van der Waals surface area contributed by atoms with Crippen LogP contribution in [0.2, 0.25) is 0 Å². The molecule has 7 nitrogen and oxygen atoms in total. The van der Waals surface area contributed by atoms with Crippen molar-refractivity contribution in [2.24, 2.45) is 5.73 Å². The van der Waals surface area contributed by atoms with Gasteiger partial charge in [0.15, 0.2) is 5.69 Å². The normalized spacial score (nSPS) is 10.4. The first-order chi connectivity index (χ1) is 8.60. The summed E-state index contributed by atoms with van der Waals surface area (Å²) in [6.45, 7) is 5.18. The fraction of sp³-hybridized carbons (Fsp3) is 0.636. The molecule has 0 aromatic carbocycles. The summed E-state index contributed by atoms with van der Waals surface area (Å²) in [5.41, 5.74) is 5.69. The van der Waals surface area contributed by atoms with E-state index >= 15 is 0 Å². The summed E-state index contributed by atoms with van der Waals surface area (Å²) in [7, 11) is 0. The molecule has 1 amide bonds. The summed E-state index contributed by atoms with van der Waals surface area (Å²) < 4.78 is 1.54. The number of rotatable bonds is 6. The number of nitrogens with two attached hydrogens (primary N) is 1. The highest BCUT2D eigenvalue weighted by molar-refractivity contribution is 5.92. The van der Waals surface area contributed by atoms with E-state index in [9.17, 15) is 4.79 Å². The Morgan fingerprint density at radius 2 is 2.39 bits per heavy atom. The second kappa shape index (κ2) is 6.71. The number of carbonyl (C=O) groups is 1. The van der Waals surface area contributed by atoms with Gasteiger partial charge in [0, 0.05) is 19.1 Å². The molecular weight excluding hydrogens is 232 g/mol. The Hall–Kier alpha value is -1.94. The zero-order valence-corrected chi connectivity index (χ0v) is 10.7. The zero-order valence-electron chi connectivity index (χ0n) is 10.7. The van der Waals surface area contributed by atoms with Crippen molar-refractivity contribution in [3.63, 3.8) is 0 Å². The maximum atomic E-state index is 12.2. The van der Waals surface area contributed by atoms with Crippen LogP contribution in [-0.4, -0.2) is 44.9 Å². The van der Waals surface area contributed by atoms with Crippen LogP contribution in [0.1, 0.15) is 30.8 Å². The summed E-state index contributed by atoms with van der Waals surface area (Å²) in [6, 6.07) is 2.05. The van der Waals surface area contributed by atoms with Gasteiger partial charge in [0.25, 0.3) is 5.91 Å². The number of nitriles is 1. The van der Waals surface area contributed by atoms with Crippen molar-refractivity contribution in [2.75, 3.05) is 13.1 Å². The quantitative estimate of drug-likeness (QED) is 0.765. The van der Waals surface area contributed by atoms with Crippen molar-refractivity contribution >= 4 is 5.91 Å². The minimum atomic E-state index is -0.205. The molecule has 0 unspecified atom stereocenters. The van der Waals surface area contributed by atoms with Gasteiger partial charge < -0.3 is 10.6 Å². The van der Waals surface area contributed by atoms with Crippen LogP contribution in [-0.2, 0) is 6.54 Å². The van der Waals surface area contributed by atoms with Crippen LogP contribution >= 0.6 is 0 Å². The Morgan fingerprint density at radius 3 is 2.94 bits per heavy atom. The topological polar surface area (TPSA) is 101 Å². The van der Waals surface area contributed by atoms with Gasteiger partial charge in [0.1, 0.15) is 0 Å². The van der Waals surface area contributed by atoms with Gasteiger partial charge in [-0.2, -0.15) is 5.26 Å². The van der Waals surface area contributed by atoms with E-state index in [-0.39, 0.29) is 17.6 Å².